The van der Waals surface area contributed by atoms with Gasteiger partial charge in [-0.25, -0.2) is 0 Å². The number of hydrogen-bond donors (Lipinski definition) is 1. The Morgan fingerprint density at radius 1 is 1.25 bits per heavy atom. The van der Waals surface area contributed by atoms with Crippen molar-refractivity contribution in [3.8, 4) is 0 Å². The smallest absolute Gasteiger partial charge is 0.176 e. The van der Waals surface area contributed by atoms with Crippen LogP contribution >= 0.6 is 0 Å². The van der Waals surface area contributed by atoms with E-state index >= 15 is 0 Å². The van der Waals surface area contributed by atoms with E-state index in [4.69, 9.17) is 0 Å². The summed E-state index contributed by atoms with van der Waals surface area (Å²) >= 11 is 0. The van der Waals surface area contributed by atoms with Crippen LogP contribution in [0.15, 0.2) is 24.3 Å². The molecule has 0 aliphatic heterocycles. The number of nitrogens with one attached hydrogen (secondary N) is 1. The molecule has 0 unspecified atom stereocenters. The van der Waals surface area contributed by atoms with Gasteiger partial charge in [0.15, 0.2) is 5.78 Å². The third kappa shape index (κ3) is 4.58. The van der Waals surface area contributed by atoms with Gasteiger partial charge in [0.05, 0.1) is 6.54 Å². The molecule has 0 aliphatic rings. The minimum Gasteiger partial charge on any atom is -0.310 e. The molecule has 2 nitrogen and oxygen atoms in total. The molecule has 0 saturated heterocycles. The van der Waals surface area contributed by atoms with Crippen LogP contribution in [0.4, 0.5) is 0 Å². The fraction of sp³-hybridized carbons (Fsp3) is 0.500. The molecule has 0 aromatic heterocycles. The predicted molar refractivity (Wildman–Crippen MR) is 67.8 cm³/mol. The molecule has 0 bridgehead atoms. The highest BCUT2D eigenvalue weighted by Crippen LogP contribution is 2.03. The van der Waals surface area contributed by atoms with E-state index < -0.39 is 0 Å². The number of carbonyl (C=O) groups excluding carboxylic acids is 1. The van der Waals surface area contributed by atoms with E-state index in [1.807, 2.05) is 31.2 Å². The maximum absolute atomic E-state index is 11.7. The normalized spacial score (nSPS) is 10.8. The first-order valence-corrected chi connectivity index (χ1v) is 5.90. The Morgan fingerprint density at radius 3 is 2.44 bits per heavy atom. The Labute approximate surface area is 98.1 Å². The number of carbonyl (C=O) groups is 1. The van der Waals surface area contributed by atoms with Crippen LogP contribution in [0, 0.1) is 12.8 Å². The van der Waals surface area contributed by atoms with Crippen LogP contribution < -0.4 is 5.32 Å². The van der Waals surface area contributed by atoms with Crippen molar-refractivity contribution >= 4 is 5.78 Å². The van der Waals surface area contributed by atoms with E-state index in [0.717, 1.165) is 18.5 Å². The van der Waals surface area contributed by atoms with E-state index in [9.17, 15) is 4.79 Å². The zero-order chi connectivity index (χ0) is 12.0. The largest absolute Gasteiger partial charge is 0.310 e. The number of hydrogen-bond acceptors (Lipinski definition) is 2. The van der Waals surface area contributed by atoms with Gasteiger partial charge in [0.2, 0.25) is 0 Å². The van der Waals surface area contributed by atoms with Gasteiger partial charge in [-0.05, 0) is 25.8 Å². The SMILES string of the molecule is Cc1ccc(C(=O)CNCCC(C)C)cc1. The van der Waals surface area contributed by atoms with Gasteiger partial charge in [-0.1, -0.05) is 43.7 Å². The Bertz CT molecular complexity index is 327. The zero-order valence-electron chi connectivity index (χ0n) is 10.4. The van der Waals surface area contributed by atoms with Crippen LogP contribution in [-0.2, 0) is 0 Å². The Hall–Kier alpha value is -1.15. The summed E-state index contributed by atoms with van der Waals surface area (Å²) in [6.07, 6.45) is 1.11. The van der Waals surface area contributed by atoms with Gasteiger partial charge in [-0.15, -0.1) is 0 Å². The van der Waals surface area contributed by atoms with Crippen molar-refractivity contribution in [2.45, 2.75) is 27.2 Å². The molecule has 1 aromatic rings. The van der Waals surface area contributed by atoms with Crippen molar-refractivity contribution in [2.24, 2.45) is 5.92 Å². The maximum Gasteiger partial charge on any atom is 0.176 e. The number of rotatable bonds is 6. The molecule has 0 saturated carbocycles. The first kappa shape index (κ1) is 12.9. The quantitative estimate of drug-likeness (QED) is 0.589. The molecule has 0 radical (unpaired) electrons. The van der Waals surface area contributed by atoms with Crippen molar-refractivity contribution in [1.82, 2.24) is 5.32 Å². The number of benzene rings is 1. The second-order valence-electron chi connectivity index (χ2n) is 4.65. The van der Waals surface area contributed by atoms with Crippen LogP contribution in [0.3, 0.4) is 0 Å². The third-order valence-corrected chi connectivity index (χ3v) is 2.56. The number of ketones is 1. The molecule has 0 heterocycles. The lowest BCUT2D eigenvalue weighted by molar-refractivity contribution is 0.0991. The van der Waals surface area contributed by atoms with Gasteiger partial charge in [-0.2, -0.15) is 0 Å². The van der Waals surface area contributed by atoms with Crippen molar-refractivity contribution in [3.05, 3.63) is 35.4 Å². The molecule has 2 heteroatoms. The summed E-state index contributed by atoms with van der Waals surface area (Å²) in [5.74, 6) is 0.853. The molecule has 0 spiro atoms. The van der Waals surface area contributed by atoms with Crippen molar-refractivity contribution in [3.63, 3.8) is 0 Å². The lowest BCUT2D eigenvalue weighted by Crippen LogP contribution is -2.24. The van der Waals surface area contributed by atoms with Crippen molar-refractivity contribution < 1.29 is 4.79 Å². The van der Waals surface area contributed by atoms with E-state index in [-0.39, 0.29) is 5.78 Å². The average Bonchev–Trinajstić information content (AvgIpc) is 2.25. The minimum atomic E-state index is 0.170. The van der Waals surface area contributed by atoms with Gasteiger partial charge >= 0.3 is 0 Å². The number of aryl methyl sites for hydroxylation is 1. The fourth-order valence-electron chi connectivity index (χ4n) is 1.43. The highest BCUT2D eigenvalue weighted by atomic mass is 16.1. The first-order valence-electron chi connectivity index (χ1n) is 5.90. The molecule has 16 heavy (non-hydrogen) atoms. The summed E-state index contributed by atoms with van der Waals surface area (Å²) in [4.78, 5) is 11.7. The van der Waals surface area contributed by atoms with Crippen LogP contribution in [-0.4, -0.2) is 18.9 Å². The Kier molecular flexibility index (Phi) is 5.20. The van der Waals surface area contributed by atoms with Crippen molar-refractivity contribution in [2.75, 3.05) is 13.1 Å². The second kappa shape index (κ2) is 6.44. The summed E-state index contributed by atoms with van der Waals surface area (Å²) in [5.41, 5.74) is 1.98. The van der Waals surface area contributed by atoms with Crippen LogP contribution in [0.5, 0.6) is 0 Å². The highest BCUT2D eigenvalue weighted by Gasteiger charge is 2.04. The van der Waals surface area contributed by atoms with Gasteiger partial charge < -0.3 is 5.32 Å². The van der Waals surface area contributed by atoms with Crippen LogP contribution in [0.2, 0.25) is 0 Å². The molecule has 88 valence electrons. The summed E-state index contributed by atoms with van der Waals surface area (Å²) < 4.78 is 0. The molecular formula is C14H21NO. The fourth-order valence-corrected chi connectivity index (χ4v) is 1.43. The Morgan fingerprint density at radius 2 is 1.88 bits per heavy atom. The van der Waals surface area contributed by atoms with Gasteiger partial charge in [0, 0.05) is 5.56 Å². The van der Waals surface area contributed by atoms with E-state index in [1.165, 1.54) is 5.56 Å². The minimum absolute atomic E-state index is 0.170. The lowest BCUT2D eigenvalue weighted by atomic mass is 10.1. The maximum atomic E-state index is 11.7. The van der Waals surface area contributed by atoms with E-state index in [0.29, 0.717) is 12.5 Å². The molecule has 0 fully saturated rings. The van der Waals surface area contributed by atoms with Gasteiger partial charge in [0.1, 0.15) is 0 Å². The van der Waals surface area contributed by atoms with E-state index in [2.05, 4.69) is 19.2 Å². The summed E-state index contributed by atoms with van der Waals surface area (Å²) in [5, 5.41) is 3.18. The summed E-state index contributed by atoms with van der Waals surface area (Å²) in [6, 6.07) is 7.73. The van der Waals surface area contributed by atoms with E-state index in [1.54, 1.807) is 0 Å². The monoisotopic (exact) mass is 219 g/mol. The molecule has 1 N–H and O–H groups in total. The standard InChI is InChI=1S/C14H21NO/c1-11(2)8-9-15-10-14(16)13-6-4-12(3)5-7-13/h4-7,11,15H,8-10H2,1-3H3. The van der Waals surface area contributed by atoms with Crippen LogP contribution in [0.25, 0.3) is 0 Å². The highest BCUT2D eigenvalue weighted by molar-refractivity contribution is 5.97. The number of Topliss-reactive ketones (excluding diaryl/α,β-unsaturated/α-hetero) is 1. The van der Waals surface area contributed by atoms with Crippen LogP contribution in [0.1, 0.15) is 36.2 Å². The molecule has 0 amide bonds. The molecule has 1 aromatic carbocycles. The van der Waals surface area contributed by atoms with Crippen molar-refractivity contribution in [1.29, 1.82) is 0 Å². The predicted octanol–water partition coefficient (Wildman–Crippen LogP) is 2.81. The Balaban J connectivity index is 2.32. The lowest BCUT2D eigenvalue weighted by Gasteiger charge is -2.06. The third-order valence-electron chi connectivity index (χ3n) is 2.56. The van der Waals surface area contributed by atoms with Gasteiger partial charge in [0.25, 0.3) is 0 Å². The second-order valence-corrected chi connectivity index (χ2v) is 4.65. The summed E-state index contributed by atoms with van der Waals surface area (Å²) in [7, 11) is 0. The molecule has 0 aliphatic carbocycles. The molecule has 1 rings (SSSR count). The average molecular weight is 219 g/mol. The first-order chi connectivity index (χ1) is 7.59. The topological polar surface area (TPSA) is 29.1 Å². The summed E-state index contributed by atoms with van der Waals surface area (Å²) in [6.45, 7) is 7.74. The zero-order valence-corrected chi connectivity index (χ0v) is 10.4. The molecule has 0 atom stereocenters. The molecular weight excluding hydrogens is 198 g/mol. The van der Waals surface area contributed by atoms with Gasteiger partial charge in [-0.3, -0.25) is 4.79 Å².